The maximum Gasteiger partial charge on any atom is 0.0731 e. The van der Waals surface area contributed by atoms with E-state index in [9.17, 15) is 0 Å². The van der Waals surface area contributed by atoms with Crippen molar-refractivity contribution in [3.63, 3.8) is 0 Å². The third-order valence-electron chi connectivity index (χ3n) is 7.40. The average Bonchev–Trinajstić information content (AvgIpc) is 3.30. The first kappa shape index (κ1) is 26.6. The number of fused-ring (bicyclic) bond motifs is 3. The van der Waals surface area contributed by atoms with E-state index in [1.807, 2.05) is 6.20 Å². The Morgan fingerprint density at radius 2 is 1.34 bits per heavy atom. The number of unbranched alkanes of at least 4 members (excludes halogenated alkanes) is 3. The van der Waals surface area contributed by atoms with Crippen molar-refractivity contribution in [3.05, 3.63) is 95.7 Å². The molecule has 38 heavy (non-hydrogen) atoms. The van der Waals surface area contributed by atoms with Gasteiger partial charge in [0.1, 0.15) is 0 Å². The monoisotopic (exact) mass is 568 g/mol. The lowest BCUT2D eigenvalue weighted by Crippen LogP contribution is -1.97. The van der Waals surface area contributed by atoms with E-state index in [1.165, 1.54) is 57.9 Å². The highest BCUT2D eigenvalue weighted by atomic mass is 79.9. The zero-order valence-corrected chi connectivity index (χ0v) is 24.1. The van der Waals surface area contributed by atoms with Gasteiger partial charge in [-0.15, -0.1) is 0 Å². The maximum atomic E-state index is 5.85. The Kier molecular flexibility index (Phi) is 8.93. The highest BCUT2D eigenvalue weighted by molar-refractivity contribution is 9.09. The number of halogens is 1. The molecule has 3 aromatic carbocycles. The zero-order chi connectivity index (χ0) is 26.3. The van der Waals surface area contributed by atoms with Gasteiger partial charge in [0.15, 0.2) is 0 Å². The number of aryl methyl sites for hydroxylation is 2. The number of hydrogen-bond donors (Lipinski definition) is 0. The summed E-state index contributed by atoms with van der Waals surface area (Å²) in [7, 11) is 0. The lowest BCUT2D eigenvalue weighted by Gasteiger charge is -2.10. The molecule has 0 unspecified atom stereocenters. The van der Waals surface area contributed by atoms with Crippen LogP contribution in [0.25, 0.3) is 38.8 Å². The second-order valence-electron chi connectivity index (χ2n) is 10.00. The van der Waals surface area contributed by atoms with Crippen LogP contribution in [0.4, 0.5) is 0 Å². The van der Waals surface area contributed by atoms with Gasteiger partial charge >= 0.3 is 0 Å². The van der Waals surface area contributed by atoms with Gasteiger partial charge in [-0.3, -0.25) is 4.98 Å². The Bertz CT molecular complexity index is 1420. The van der Waals surface area contributed by atoms with Gasteiger partial charge in [0.05, 0.1) is 23.3 Å². The van der Waals surface area contributed by atoms with Crippen molar-refractivity contribution in [1.82, 2.24) is 9.55 Å². The molecule has 0 bridgehead atoms. The van der Waals surface area contributed by atoms with E-state index in [1.54, 1.807) is 0 Å². The number of pyridine rings is 1. The van der Waals surface area contributed by atoms with Crippen LogP contribution in [0.5, 0.6) is 0 Å². The Hall–Kier alpha value is -2.95. The summed E-state index contributed by atoms with van der Waals surface area (Å²) in [5, 5.41) is 3.75. The van der Waals surface area contributed by atoms with E-state index in [0.29, 0.717) is 6.61 Å². The molecule has 0 saturated carbocycles. The maximum absolute atomic E-state index is 5.85. The van der Waals surface area contributed by atoms with Crippen LogP contribution in [-0.4, -0.2) is 21.5 Å². The molecule has 4 heteroatoms. The first-order chi connectivity index (χ1) is 18.7. The molecule has 3 nitrogen and oxygen atoms in total. The lowest BCUT2D eigenvalue weighted by atomic mass is 10.1. The van der Waals surface area contributed by atoms with Crippen molar-refractivity contribution in [1.29, 1.82) is 0 Å². The molecular formula is C34H37BrN2O. The number of nitrogens with zero attached hydrogens (tertiary/aromatic N) is 2. The summed E-state index contributed by atoms with van der Waals surface area (Å²) < 4.78 is 8.24. The van der Waals surface area contributed by atoms with Gasteiger partial charge < -0.3 is 9.30 Å². The quantitative estimate of drug-likeness (QED) is 0.111. The molecular weight excluding hydrogens is 532 g/mol. The van der Waals surface area contributed by atoms with Gasteiger partial charge in [0, 0.05) is 40.2 Å². The molecule has 5 rings (SSSR count). The molecule has 0 atom stereocenters. The van der Waals surface area contributed by atoms with E-state index in [2.05, 4.69) is 107 Å². The molecule has 0 fully saturated rings. The first-order valence-electron chi connectivity index (χ1n) is 14.0. The highest BCUT2D eigenvalue weighted by Gasteiger charge is 2.13. The van der Waals surface area contributed by atoms with E-state index >= 15 is 0 Å². The van der Waals surface area contributed by atoms with E-state index < -0.39 is 0 Å². The summed E-state index contributed by atoms with van der Waals surface area (Å²) in [6.07, 6.45) is 8.88. The highest BCUT2D eigenvalue weighted by Crippen LogP contribution is 2.34. The summed E-state index contributed by atoms with van der Waals surface area (Å²) in [6, 6.07) is 26.8. The van der Waals surface area contributed by atoms with Crippen LogP contribution in [0.1, 0.15) is 56.2 Å². The van der Waals surface area contributed by atoms with Crippen LogP contribution >= 0.6 is 15.9 Å². The fourth-order valence-corrected chi connectivity index (χ4v) is 5.54. The summed E-state index contributed by atoms with van der Waals surface area (Å²) in [5.41, 5.74) is 9.65. The molecule has 0 aliphatic rings. The van der Waals surface area contributed by atoms with Crippen molar-refractivity contribution < 1.29 is 4.74 Å². The molecule has 0 saturated heterocycles. The largest absolute Gasteiger partial charge is 0.377 e. The van der Waals surface area contributed by atoms with E-state index in [-0.39, 0.29) is 0 Å². The molecule has 0 amide bonds. The van der Waals surface area contributed by atoms with Crippen molar-refractivity contribution in [3.8, 4) is 16.9 Å². The Morgan fingerprint density at radius 1 is 0.711 bits per heavy atom. The molecule has 196 valence electrons. The Balaban J connectivity index is 1.34. The van der Waals surface area contributed by atoms with E-state index in [4.69, 9.17) is 9.72 Å². The molecule has 2 heterocycles. The van der Waals surface area contributed by atoms with Crippen LogP contribution in [0.3, 0.4) is 0 Å². The van der Waals surface area contributed by atoms with Gasteiger partial charge in [0.2, 0.25) is 0 Å². The molecule has 0 radical (unpaired) electrons. The predicted molar refractivity (Wildman–Crippen MR) is 165 cm³/mol. The summed E-state index contributed by atoms with van der Waals surface area (Å²) >= 11 is 3.48. The van der Waals surface area contributed by atoms with Gasteiger partial charge in [-0.2, -0.15) is 0 Å². The minimum atomic E-state index is 0.623. The Morgan fingerprint density at radius 3 is 1.92 bits per heavy atom. The van der Waals surface area contributed by atoms with Gasteiger partial charge in [-0.05, 0) is 84.8 Å². The minimum absolute atomic E-state index is 0.623. The number of benzene rings is 3. The van der Waals surface area contributed by atoms with Gasteiger partial charge in [0.25, 0.3) is 0 Å². The number of hydrogen-bond acceptors (Lipinski definition) is 2. The molecule has 0 aliphatic carbocycles. The number of ether oxygens (including phenoxy) is 1. The van der Waals surface area contributed by atoms with Gasteiger partial charge in [-0.1, -0.05) is 73.0 Å². The zero-order valence-electron chi connectivity index (χ0n) is 22.6. The molecule has 0 spiro atoms. The van der Waals surface area contributed by atoms with Gasteiger partial charge in [-0.25, -0.2) is 0 Å². The van der Waals surface area contributed by atoms with Crippen molar-refractivity contribution >= 4 is 37.7 Å². The second-order valence-corrected chi connectivity index (χ2v) is 10.8. The van der Waals surface area contributed by atoms with Crippen LogP contribution in [0.15, 0.2) is 79.0 Å². The number of aromatic nitrogens is 2. The van der Waals surface area contributed by atoms with Crippen molar-refractivity contribution in [2.24, 2.45) is 0 Å². The second kappa shape index (κ2) is 12.7. The topological polar surface area (TPSA) is 27.1 Å². The smallest absolute Gasteiger partial charge is 0.0731 e. The standard InChI is InChI=1S/C34H37BrN2O/c1-3-25-10-17-33-30(21-25)31-22-26(4-2)11-18-34(31)37(33)29-14-12-28(13-15-29)32-16-9-27(23-36-32)24-38-20-8-6-5-7-19-35/h9-18,21-23H,3-8,19-20,24H2,1-2H3. The van der Waals surface area contributed by atoms with Crippen LogP contribution in [0, 0.1) is 0 Å². The minimum Gasteiger partial charge on any atom is -0.377 e. The molecule has 0 N–H and O–H groups in total. The lowest BCUT2D eigenvalue weighted by molar-refractivity contribution is 0.116. The number of rotatable bonds is 12. The third kappa shape index (κ3) is 5.87. The number of alkyl halides is 1. The van der Waals surface area contributed by atoms with Crippen LogP contribution in [-0.2, 0) is 24.2 Å². The van der Waals surface area contributed by atoms with Crippen molar-refractivity contribution in [2.45, 2.75) is 59.0 Å². The Labute approximate surface area is 235 Å². The summed E-state index contributed by atoms with van der Waals surface area (Å²) in [4.78, 5) is 4.73. The fraction of sp³-hybridized carbons (Fsp3) is 0.324. The van der Waals surface area contributed by atoms with Crippen molar-refractivity contribution in [2.75, 3.05) is 11.9 Å². The van der Waals surface area contributed by atoms with E-state index in [0.717, 1.165) is 48.0 Å². The predicted octanol–water partition coefficient (Wildman–Crippen LogP) is 9.44. The van der Waals surface area contributed by atoms with Crippen LogP contribution in [0.2, 0.25) is 0 Å². The van der Waals surface area contributed by atoms with Crippen LogP contribution < -0.4 is 0 Å². The summed E-state index contributed by atoms with van der Waals surface area (Å²) in [6.45, 7) is 5.88. The third-order valence-corrected chi connectivity index (χ3v) is 7.96. The SMILES string of the molecule is CCc1ccc2c(c1)c1cc(CC)ccc1n2-c1ccc(-c2ccc(COCCCCCCBr)cn2)cc1. The molecule has 5 aromatic rings. The first-order valence-corrected chi connectivity index (χ1v) is 15.1. The molecule has 0 aliphatic heterocycles. The fourth-order valence-electron chi connectivity index (χ4n) is 5.14. The normalized spacial score (nSPS) is 11.6. The summed E-state index contributed by atoms with van der Waals surface area (Å²) in [5.74, 6) is 0. The molecule has 2 aromatic heterocycles. The average molecular weight is 570 g/mol.